The molecule has 2 rings (SSSR count). The fraction of sp³-hybridized carbons (Fsp3) is 0.250. The van der Waals surface area contributed by atoms with Gasteiger partial charge in [0.25, 0.3) is 5.91 Å². The van der Waals surface area contributed by atoms with E-state index in [1.165, 1.54) is 23.1 Å². The predicted molar refractivity (Wildman–Crippen MR) is 77.9 cm³/mol. The van der Waals surface area contributed by atoms with E-state index in [1.807, 2.05) is 0 Å². The summed E-state index contributed by atoms with van der Waals surface area (Å²) in [7, 11) is 0. The van der Waals surface area contributed by atoms with Crippen molar-refractivity contribution in [3.63, 3.8) is 0 Å². The first kappa shape index (κ1) is 15.9. The summed E-state index contributed by atoms with van der Waals surface area (Å²) in [5, 5.41) is 9.12. The summed E-state index contributed by atoms with van der Waals surface area (Å²) in [6.07, 6.45) is 0. The first-order valence-corrected chi connectivity index (χ1v) is 6.76. The van der Waals surface area contributed by atoms with Gasteiger partial charge in [-0.3, -0.25) is 9.59 Å². The van der Waals surface area contributed by atoms with Crippen molar-refractivity contribution in [2.24, 2.45) is 0 Å². The van der Waals surface area contributed by atoms with Crippen molar-refractivity contribution in [3.05, 3.63) is 69.5 Å². The minimum Gasteiger partial charge on any atom is -0.456 e. The zero-order valence-electron chi connectivity index (χ0n) is 12.1. The van der Waals surface area contributed by atoms with Crippen molar-refractivity contribution < 1.29 is 18.7 Å². The fourth-order valence-electron chi connectivity index (χ4n) is 2.05. The number of hydrogen-bond donors (Lipinski definition) is 1. The largest absolute Gasteiger partial charge is 0.456 e. The van der Waals surface area contributed by atoms with Gasteiger partial charge >= 0.3 is 0 Å². The molecule has 0 saturated carbocycles. The minimum absolute atomic E-state index is 0.0772. The smallest absolute Gasteiger partial charge is 0.290 e. The molecule has 2 aromatic rings. The van der Waals surface area contributed by atoms with E-state index in [4.69, 9.17) is 9.52 Å². The van der Waals surface area contributed by atoms with Crippen LogP contribution in [0.3, 0.4) is 0 Å². The van der Waals surface area contributed by atoms with Crippen molar-refractivity contribution in [1.82, 2.24) is 4.90 Å². The van der Waals surface area contributed by atoms with E-state index in [9.17, 15) is 14.0 Å². The molecule has 6 heteroatoms. The average molecular weight is 305 g/mol. The highest BCUT2D eigenvalue weighted by Gasteiger charge is 2.19. The van der Waals surface area contributed by atoms with Gasteiger partial charge in [0.15, 0.2) is 11.2 Å². The summed E-state index contributed by atoms with van der Waals surface area (Å²) in [6.45, 7) is 1.60. The minimum atomic E-state index is -0.501. The third-order valence-corrected chi connectivity index (χ3v) is 3.04. The standard InChI is InChI=1S/C16H16FNO4/c1-11-8-14(20)9-15(22-11)16(21)18(6-7-19)10-12-2-4-13(17)5-3-12/h2-5,8-9,19H,6-7,10H2,1H3. The lowest BCUT2D eigenvalue weighted by molar-refractivity contribution is 0.0671. The number of aryl methyl sites for hydroxylation is 1. The van der Waals surface area contributed by atoms with Gasteiger partial charge in [-0.2, -0.15) is 0 Å². The van der Waals surface area contributed by atoms with Gasteiger partial charge in [-0.05, 0) is 24.6 Å². The number of aliphatic hydroxyl groups is 1. The zero-order valence-corrected chi connectivity index (χ0v) is 12.1. The Morgan fingerprint density at radius 1 is 1.27 bits per heavy atom. The van der Waals surface area contributed by atoms with Gasteiger partial charge in [-0.1, -0.05) is 12.1 Å². The third-order valence-electron chi connectivity index (χ3n) is 3.04. The Bertz CT molecular complexity index is 709. The van der Waals surface area contributed by atoms with Crippen LogP contribution in [0.25, 0.3) is 0 Å². The van der Waals surface area contributed by atoms with Crippen LogP contribution in [0.2, 0.25) is 0 Å². The quantitative estimate of drug-likeness (QED) is 0.913. The molecule has 1 N–H and O–H groups in total. The Morgan fingerprint density at radius 3 is 2.55 bits per heavy atom. The van der Waals surface area contributed by atoms with Gasteiger partial charge < -0.3 is 14.4 Å². The van der Waals surface area contributed by atoms with Crippen molar-refractivity contribution in [3.8, 4) is 0 Å². The maximum Gasteiger partial charge on any atom is 0.290 e. The van der Waals surface area contributed by atoms with Crippen molar-refractivity contribution in [2.45, 2.75) is 13.5 Å². The molecule has 0 radical (unpaired) electrons. The molecule has 22 heavy (non-hydrogen) atoms. The molecule has 1 aromatic carbocycles. The molecule has 0 aliphatic rings. The second-order valence-corrected chi connectivity index (χ2v) is 4.84. The van der Waals surface area contributed by atoms with Crippen molar-refractivity contribution >= 4 is 5.91 Å². The van der Waals surface area contributed by atoms with Gasteiger partial charge in [0, 0.05) is 25.2 Å². The number of aliphatic hydroxyl groups excluding tert-OH is 1. The summed E-state index contributed by atoms with van der Waals surface area (Å²) in [5.74, 6) is -0.616. The lowest BCUT2D eigenvalue weighted by Crippen LogP contribution is -2.33. The average Bonchev–Trinajstić information content (AvgIpc) is 2.47. The third kappa shape index (κ3) is 4.02. The molecule has 1 amide bonds. The van der Waals surface area contributed by atoms with Crippen LogP contribution in [0.4, 0.5) is 4.39 Å². The lowest BCUT2D eigenvalue weighted by atomic mass is 10.2. The molecule has 116 valence electrons. The molecule has 0 aliphatic heterocycles. The van der Waals surface area contributed by atoms with Crippen LogP contribution in [0.1, 0.15) is 21.9 Å². The van der Waals surface area contributed by atoms with Gasteiger partial charge in [0.1, 0.15) is 11.6 Å². The molecular formula is C16H16FNO4. The predicted octanol–water partition coefficient (Wildman–Crippen LogP) is 1.72. The van der Waals surface area contributed by atoms with Crippen LogP contribution < -0.4 is 5.43 Å². The van der Waals surface area contributed by atoms with E-state index >= 15 is 0 Å². The highest BCUT2D eigenvalue weighted by Crippen LogP contribution is 2.11. The molecule has 1 heterocycles. The Morgan fingerprint density at radius 2 is 1.95 bits per heavy atom. The van der Waals surface area contributed by atoms with Crippen LogP contribution in [-0.4, -0.2) is 29.1 Å². The summed E-state index contributed by atoms with van der Waals surface area (Å²) in [5.41, 5.74) is 0.385. The monoisotopic (exact) mass is 305 g/mol. The number of carbonyl (C=O) groups is 1. The van der Waals surface area contributed by atoms with Crippen LogP contribution in [0.15, 0.2) is 45.6 Å². The number of nitrogens with zero attached hydrogens (tertiary/aromatic N) is 1. The molecule has 0 spiro atoms. The number of rotatable bonds is 5. The summed E-state index contributed by atoms with van der Waals surface area (Å²) in [6, 6.07) is 8.10. The first-order valence-electron chi connectivity index (χ1n) is 6.76. The van der Waals surface area contributed by atoms with E-state index in [0.29, 0.717) is 11.3 Å². The summed E-state index contributed by atoms with van der Waals surface area (Å²) >= 11 is 0. The molecule has 0 aliphatic carbocycles. The van der Waals surface area contributed by atoms with Crippen LogP contribution in [-0.2, 0) is 6.54 Å². The van der Waals surface area contributed by atoms with E-state index in [-0.39, 0.29) is 36.7 Å². The number of hydrogen-bond acceptors (Lipinski definition) is 4. The Balaban J connectivity index is 2.24. The summed E-state index contributed by atoms with van der Waals surface area (Å²) < 4.78 is 18.2. The van der Waals surface area contributed by atoms with Gasteiger partial charge in [0.2, 0.25) is 0 Å². The Labute approximate surface area is 126 Å². The zero-order chi connectivity index (χ0) is 16.1. The Kier molecular flexibility index (Phi) is 5.06. The fourth-order valence-corrected chi connectivity index (χ4v) is 2.05. The molecule has 0 atom stereocenters. The number of amides is 1. The maximum absolute atomic E-state index is 12.9. The molecule has 0 saturated heterocycles. The highest BCUT2D eigenvalue weighted by atomic mass is 19.1. The van der Waals surface area contributed by atoms with E-state index in [2.05, 4.69) is 0 Å². The molecule has 0 fully saturated rings. The Hall–Kier alpha value is -2.47. The van der Waals surface area contributed by atoms with Gasteiger partial charge in [-0.25, -0.2) is 4.39 Å². The topological polar surface area (TPSA) is 70.8 Å². The number of carbonyl (C=O) groups excluding carboxylic acids is 1. The highest BCUT2D eigenvalue weighted by molar-refractivity contribution is 5.91. The van der Waals surface area contributed by atoms with E-state index in [0.717, 1.165) is 6.07 Å². The molecular weight excluding hydrogens is 289 g/mol. The number of halogens is 1. The van der Waals surface area contributed by atoms with Crippen LogP contribution in [0.5, 0.6) is 0 Å². The maximum atomic E-state index is 12.9. The number of benzene rings is 1. The SMILES string of the molecule is Cc1cc(=O)cc(C(=O)N(CCO)Cc2ccc(F)cc2)o1. The lowest BCUT2D eigenvalue weighted by Gasteiger charge is -2.21. The van der Waals surface area contributed by atoms with Gasteiger partial charge in [-0.15, -0.1) is 0 Å². The second kappa shape index (κ2) is 7.00. The van der Waals surface area contributed by atoms with E-state index < -0.39 is 5.91 Å². The molecule has 0 unspecified atom stereocenters. The molecule has 5 nitrogen and oxygen atoms in total. The van der Waals surface area contributed by atoms with Crippen LogP contribution >= 0.6 is 0 Å². The van der Waals surface area contributed by atoms with E-state index in [1.54, 1.807) is 19.1 Å². The van der Waals surface area contributed by atoms with Crippen molar-refractivity contribution in [2.75, 3.05) is 13.2 Å². The van der Waals surface area contributed by atoms with Crippen LogP contribution in [0, 0.1) is 12.7 Å². The molecule has 1 aromatic heterocycles. The first-order chi connectivity index (χ1) is 10.5. The molecule has 0 bridgehead atoms. The summed E-state index contributed by atoms with van der Waals surface area (Å²) in [4.78, 5) is 25.2. The van der Waals surface area contributed by atoms with Gasteiger partial charge in [0.05, 0.1) is 6.61 Å². The second-order valence-electron chi connectivity index (χ2n) is 4.84. The van der Waals surface area contributed by atoms with Crippen molar-refractivity contribution in [1.29, 1.82) is 0 Å². The normalized spacial score (nSPS) is 10.5.